The van der Waals surface area contributed by atoms with Gasteiger partial charge in [-0.1, -0.05) is 31.5 Å². The average Bonchev–Trinajstić information content (AvgIpc) is 2.31. The van der Waals surface area contributed by atoms with Gasteiger partial charge < -0.3 is 5.32 Å². The van der Waals surface area contributed by atoms with Crippen LogP contribution in [0.15, 0.2) is 23.1 Å². The predicted octanol–water partition coefficient (Wildman–Crippen LogP) is 2.38. The zero-order chi connectivity index (χ0) is 14.5. The third-order valence-corrected chi connectivity index (χ3v) is 4.53. The number of rotatable bonds is 7. The van der Waals surface area contributed by atoms with Crippen molar-refractivity contribution in [1.29, 1.82) is 0 Å². The van der Waals surface area contributed by atoms with Crippen LogP contribution in [0.1, 0.15) is 25.8 Å². The fraction of sp³-hybridized carbons (Fsp3) is 0.538. The molecule has 0 spiro atoms. The molecule has 0 aliphatic carbocycles. The number of hydrogen-bond acceptors (Lipinski definition) is 3. The Hall–Kier alpha value is -0.620. The summed E-state index contributed by atoms with van der Waals surface area (Å²) >= 11 is 6.07. The Morgan fingerprint density at radius 2 is 2.00 bits per heavy atom. The highest BCUT2D eigenvalue weighted by Gasteiger charge is 2.15. The molecule has 1 aromatic carbocycles. The highest BCUT2D eigenvalue weighted by molar-refractivity contribution is 7.89. The second kappa shape index (κ2) is 7.24. The summed E-state index contributed by atoms with van der Waals surface area (Å²) in [6, 6.07) is 4.80. The molecule has 0 fully saturated rings. The predicted molar refractivity (Wildman–Crippen MR) is 78.9 cm³/mol. The molecule has 108 valence electrons. The van der Waals surface area contributed by atoms with Crippen LogP contribution in [0.4, 0.5) is 0 Å². The molecule has 1 aromatic rings. The third-order valence-electron chi connectivity index (χ3n) is 2.72. The number of nitrogens with one attached hydrogen (secondary N) is 2. The van der Waals surface area contributed by atoms with Gasteiger partial charge in [0.2, 0.25) is 10.0 Å². The van der Waals surface area contributed by atoms with E-state index in [-0.39, 0.29) is 4.90 Å². The Bertz CT molecular complexity index is 515. The van der Waals surface area contributed by atoms with Gasteiger partial charge in [0.1, 0.15) is 0 Å². The Balaban J connectivity index is 2.81. The monoisotopic (exact) mass is 304 g/mol. The van der Waals surface area contributed by atoms with E-state index in [9.17, 15) is 8.42 Å². The van der Waals surface area contributed by atoms with Crippen molar-refractivity contribution >= 4 is 21.6 Å². The third kappa shape index (κ3) is 5.10. The topological polar surface area (TPSA) is 58.2 Å². The smallest absolute Gasteiger partial charge is 0.240 e. The highest BCUT2D eigenvalue weighted by Crippen LogP contribution is 2.20. The zero-order valence-corrected chi connectivity index (χ0v) is 13.1. The molecule has 0 heterocycles. The molecule has 0 bridgehead atoms. The number of halogens is 1. The lowest BCUT2D eigenvalue weighted by Crippen LogP contribution is -2.25. The Kier molecular flexibility index (Phi) is 6.26. The fourth-order valence-electron chi connectivity index (χ4n) is 1.59. The molecule has 19 heavy (non-hydrogen) atoms. The lowest BCUT2D eigenvalue weighted by molar-refractivity contribution is 0.551. The molecule has 1 rings (SSSR count). The summed E-state index contributed by atoms with van der Waals surface area (Å²) in [6.07, 6.45) is 0.810. The summed E-state index contributed by atoms with van der Waals surface area (Å²) in [5, 5.41) is 3.44. The second-order valence-corrected chi connectivity index (χ2v) is 7.04. The SMILES string of the molecule is CNCc1ccc(S(=O)(=O)NCCC(C)C)cc1Cl. The molecule has 0 amide bonds. The normalized spacial score (nSPS) is 12.1. The van der Waals surface area contributed by atoms with Gasteiger partial charge in [-0.15, -0.1) is 0 Å². The maximum atomic E-state index is 12.0. The van der Waals surface area contributed by atoms with Crippen molar-refractivity contribution in [2.45, 2.75) is 31.7 Å². The van der Waals surface area contributed by atoms with Crippen molar-refractivity contribution in [3.8, 4) is 0 Å². The van der Waals surface area contributed by atoms with E-state index in [1.165, 1.54) is 6.07 Å². The Morgan fingerprint density at radius 1 is 1.32 bits per heavy atom. The van der Waals surface area contributed by atoms with Crippen LogP contribution >= 0.6 is 11.6 Å². The molecule has 0 saturated carbocycles. The van der Waals surface area contributed by atoms with Gasteiger partial charge in [-0.3, -0.25) is 0 Å². The lowest BCUT2D eigenvalue weighted by Gasteiger charge is -2.10. The van der Waals surface area contributed by atoms with E-state index in [1.54, 1.807) is 12.1 Å². The van der Waals surface area contributed by atoms with Gasteiger partial charge in [0, 0.05) is 18.1 Å². The minimum Gasteiger partial charge on any atom is -0.316 e. The first kappa shape index (κ1) is 16.4. The summed E-state index contributed by atoms with van der Waals surface area (Å²) in [6.45, 7) is 5.16. The molecule has 4 nitrogen and oxygen atoms in total. The first-order valence-electron chi connectivity index (χ1n) is 6.29. The molecule has 0 unspecified atom stereocenters. The van der Waals surface area contributed by atoms with Gasteiger partial charge in [-0.25, -0.2) is 13.1 Å². The van der Waals surface area contributed by atoms with E-state index in [2.05, 4.69) is 23.9 Å². The summed E-state index contributed by atoms with van der Waals surface area (Å²) < 4.78 is 26.7. The van der Waals surface area contributed by atoms with Crippen LogP contribution in [0, 0.1) is 5.92 Å². The van der Waals surface area contributed by atoms with Gasteiger partial charge in [-0.05, 0) is 37.1 Å². The molecule has 0 radical (unpaired) electrons. The van der Waals surface area contributed by atoms with E-state index in [0.717, 1.165) is 12.0 Å². The molecule has 2 N–H and O–H groups in total. The van der Waals surface area contributed by atoms with Crippen LogP contribution in [0.5, 0.6) is 0 Å². The summed E-state index contributed by atoms with van der Waals surface area (Å²) in [5.74, 6) is 0.462. The summed E-state index contributed by atoms with van der Waals surface area (Å²) in [7, 11) is -1.65. The van der Waals surface area contributed by atoms with Crippen LogP contribution in [0.25, 0.3) is 0 Å². The van der Waals surface area contributed by atoms with E-state index in [4.69, 9.17) is 11.6 Å². The fourth-order valence-corrected chi connectivity index (χ4v) is 2.98. The number of hydrogen-bond donors (Lipinski definition) is 2. The first-order valence-corrected chi connectivity index (χ1v) is 8.15. The molecule has 0 atom stereocenters. The number of benzene rings is 1. The number of sulfonamides is 1. The standard InChI is InChI=1S/C13H21ClN2O2S/c1-10(2)6-7-16-19(17,18)12-5-4-11(9-15-3)13(14)8-12/h4-5,8,10,15-16H,6-7,9H2,1-3H3. The van der Waals surface area contributed by atoms with E-state index in [0.29, 0.717) is 24.0 Å². The summed E-state index contributed by atoms with van der Waals surface area (Å²) in [5.41, 5.74) is 0.880. The van der Waals surface area contributed by atoms with Crippen molar-refractivity contribution in [1.82, 2.24) is 10.0 Å². The van der Waals surface area contributed by atoms with Crippen LogP contribution in [-0.4, -0.2) is 22.0 Å². The molecule has 0 saturated heterocycles. The van der Waals surface area contributed by atoms with E-state index < -0.39 is 10.0 Å². The van der Waals surface area contributed by atoms with Crippen molar-refractivity contribution in [3.63, 3.8) is 0 Å². The van der Waals surface area contributed by atoms with Gasteiger partial charge in [0.25, 0.3) is 0 Å². The highest BCUT2D eigenvalue weighted by atomic mass is 35.5. The molecule has 6 heteroatoms. The van der Waals surface area contributed by atoms with Gasteiger partial charge in [-0.2, -0.15) is 0 Å². The largest absolute Gasteiger partial charge is 0.316 e. The second-order valence-electron chi connectivity index (χ2n) is 4.86. The first-order chi connectivity index (χ1) is 8.86. The maximum Gasteiger partial charge on any atom is 0.240 e. The van der Waals surface area contributed by atoms with E-state index >= 15 is 0 Å². The molecular formula is C13H21ClN2O2S. The van der Waals surface area contributed by atoms with E-state index in [1.807, 2.05) is 7.05 Å². The van der Waals surface area contributed by atoms with Crippen LogP contribution in [-0.2, 0) is 16.6 Å². The van der Waals surface area contributed by atoms with Gasteiger partial charge in [0.15, 0.2) is 0 Å². The summed E-state index contributed by atoms with van der Waals surface area (Å²) in [4.78, 5) is 0.209. The minimum absolute atomic E-state index is 0.209. The minimum atomic E-state index is -3.47. The van der Waals surface area contributed by atoms with Crippen molar-refractivity contribution in [2.24, 2.45) is 5.92 Å². The Labute approximate surface area is 120 Å². The van der Waals surface area contributed by atoms with Gasteiger partial charge in [0.05, 0.1) is 4.90 Å². The van der Waals surface area contributed by atoms with Crippen molar-refractivity contribution in [2.75, 3.05) is 13.6 Å². The molecule has 0 aromatic heterocycles. The quantitative estimate of drug-likeness (QED) is 0.813. The average molecular weight is 305 g/mol. The van der Waals surface area contributed by atoms with Crippen LogP contribution < -0.4 is 10.0 Å². The maximum absolute atomic E-state index is 12.0. The molecule has 0 aliphatic rings. The lowest BCUT2D eigenvalue weighted by atomic mass is 10.1. The van der Waals surface area contributed by atoms with Crippen LogP contribution in [0.2, 0.25) is 5.02 Å². The van der Waals surface area contributed by atoms with Gasteiger partial charge >= 0.3 is 0 Å². The molecular weight excluding hydrogens is 284 g/mol. The van der Waals surface area contributed by atoms with Crippen LogP contribution in [0.3, 0.4) is 0 Å². The molecule has 0 aliphatic heterocycles. The van der Waals surface area contributed by atoms with Crippen molar-refractivity contribution < 1.29 is 8.42 Å². The van der Waals surface area contributed by atoms with Crippen molar-refractivity contribution in [3.05, 3.63) is 28.8 Å². The Morgan fingerprint density at radius 3 is 2.53 bits per heavy atom. The zero-order valence-electron chi connectivity index (χ0n) is 11.5.